The predicted octanol–water partition coefficient (Wildman–Crippen LogP) is 4.28. The maximum absolute atomic E-state index is 10.6. The molecule has 2 aromatic carbocycles. The quantitative estimate of drug-likeness (QED) is 0.843. The van der Waals surface area contributed by atoms with Gasteiger partial charge >= 0.3 is 0 Å². The van der Waals surface area contributed by atoms with Gasteiger partial charge < -0.3 is 5.11 Å². The Bertz CT molecular complexity index is 660. The molecular weight excluding hydrogens is 232 g/mol. The van der Waals surface area contributed by atoms with Gasteiger partial charge in [-0.05, 0) is 35.7 Å². The number of hydrogen-bond donors (Lipinski definition) is 1. The van der Waals surface area contributed by atoms with Crippen LogP contribution in [0, 0.1) is 0 Å². The first-order valence-electron chi connectivity index (χ1n) is 6.67. The minimum atomic E-state index is -0.847. The molecule has 0 fully saturated rings. The van der Waals surface area contributed by atoms with E-state index in [1.165, 1.54) is 10.9 Å². The molecule has 1 heteroatoms. The zero-order valence-corrected chi connectivity index (χ0v) is 11.3. The average Bonchev–Trinajstić information content (AvgIpc) is 2.90. The van der Waals surface area contributed by atoms with E-state index in [1.54, 1.807) is 0 Å². The Hall–Kier alpha value is -1.86. The molecule has 96 valence electrons. The second-order valence-electron chi connectivity index (χ2n) is 5.61. The fourth-order valence-corrected chi connectivity index (χ4v) is 2.89. The summed E-state index contributed by atoms with van der Waals surface area (Å²) < 4.78 is 0. The third-order valence-electron chi connectivity index (χ3n) is 3.68. The van der Waals surface area contributed by atoms with E-state index in [0.717, 1.165) is 10.9 Å². The molecule has 1 N–H and O–H groups in total. The van der Waals surface area contributed by atoms with E-state index in [4.69, 9.17) is 0 Å². The summed E-state index contributed by atoms with van der Waals surface area (Å²) in [5, 5.41) is 12.9. The van der Waals surface area contributed by atoms with E-state index in [2.05, 4.69) is 48.6 Å². The minimum absolute atomic E-state index is 0.269. The van der Waals surface area contributed by atoms with Gasteiger partial charge in [0.2, 0.25) is 0 Å². The molecule has 0 saturated carbocycles. The van der Waals surface area contributed by atoms with Crippen molar-refractivity contribution in [2.24, 2.45) is 0 Å². The summed E-state index contributed by atoms with van der Waals surface area (Å²) in [5.74, 6) is 0.269. The van der Waals surface area contributed by atoms with Crippen molar-refractivity contribution in [3.05, 3.63) is 71.8 Å². The third kappa shape index (κ3) is 2.11. The van der Waals surface area contributed by atoms with E-state index >= 15 is 0 Å². The van der Waals surface area contributed by atoms with Crippen molar-refractivity contribution in [2.75, 3.05) is 0 Å². The Morgan fingerprint density at radius 2 is 1.63 bits per heavy atom. The van der Waals surface area contributed by atoms with E-state index in [-0.39, 0.29) is 5.92 Å². The highest BCUT2D eigenvalue weighted by molar-refractivity contribution is 5.88. The Labute approximate surface area is 113 Å². The molecule has 2 aromatic rings. The lowest BCUT2D eigenvalue weighted by Crippen LogP contribution is -2.19. The van der Waals surface area contributed by atoms with Crippen LogP contribution in [0.3, 0.4) is 0 Å². The Morgan fingerprint density at radius 3 is 2.32 bits per heavy atom. The van der Waals surface area contributed by atoms with Gasteiger partial charge in [-0.1, -0.05) is 60.7 Å². The van der Waals surface area contributed by atoms with Gasteiger partial charge in [-0.25, -0.2) is 0 Å². The molecule has 3 rings (SSSR count). The van der Waals surface area contributed by atoms with Crippen LogP contribution in [0.25, 0.3) is 10.8 Å². The van der Waals surface area contributed by atoms with Crippen molar-refractivity contribution in [3.8, 4) is 0 Å². The van der Waals surface area contributed by atoms with Crippen LogP contribution >= 0.6 is 0 Å². The molecule has 0 saturated heterocycles. The van der Waals surface area contributed by atoms with Gasteiger partial charge in [-0.3, -0.25) is 0 Å². The van der Waals surface area contributed by atoms with Gasteiger partial charge in [0.15, 0.2) is 0 Å². The maximum Gasteiger partial charge on any atom is 0.0849 e. The Kier molecular flexibility index (Phi) is 2.79. The first-order chi connectivity index (χ1) is 9.07. The summed E-state index contributed by atoms with van der Waals surface area (Å²) in [5.41, 5.74) is 1.38. The van der Waals surface area contributed by atoms with Crippen LogP contribution in [0.4, 0.5) is 0 Å². The summed E-state index contributed by atoms with van der Waals surface area (Å²) in [6, 6.07) is 12.5. The number of benzene rings is 2. The predicted molar refractivity (Wildman–Crippen MR) is 80.2 cm³/mol. The van der Waals surface area contributed by atoms with Crippen LogP contribution in [-0.2, 0) is 5.60 Å². The second kappa shape index (κ2) is 4.36. The number of allylic oxidation sites excluding steroid dienone is 4. The highest BCUT2D eigenvalue weighted by atomic mass is 16.3. The molecule has 0 bridgehead atoms. The second-order valence-corrected chi connectivity index (χ2v) is 5.61. The number of fused-ring (bicyclic) bond motifs is 1. The molecule has 0 heterocycles. The van der Waals surface area contributed by atoms with Gasteiger partial charge in [0, 0.05) is 5.92 Å². The molecule has 0 aromatic heterocycles. The maximum atomic E-state index is 10.6. The molecule has 19 heavy (non-hydrogen) atoms. The minimum Gasteiger partial charge on any atom is -0.386 e. The molecule has 0 aliphatic heterocycles. The van der Waals surface area contributed by atoms with E-state index < -0.39 is 5.60 Å². The van der Waals surface area contributed by atoms with Crippen LogP contribution in [0.15, 0.2) is 60.7 Å². The lowest BCUT2D eigenvalue weighted by atomic mass is 9.83. The van der Waals surface area contributed by atoms with Gasteiger partial charge in [0.05, 0.1) is 5.60 Å². The molecule has 1 aliphatic carbocycles. The fourth-order valence-electron chi connectivity index (χ4n) is 2.89. The zero-order chi connectivity index (χ0) is 13.5. The molecule has 0 radical (unpaired) electrons. The summed E-state index contributed by atoms with van der Waals surface area (Å²) in [7, 11) is 0. The van der Waals surface area contributed by atoms with Crippen LogP contribution < -0.4 is 0 Å². The largest absolute Gasteiger partial charge is 0.386 e. The number of hydrogen-bond acceptors (Lipinski definition) is 1. The molecule has 0 unspecified atom stereocenters. The first kappa shape index (κ1) is 12.2. The van der Waals surface area contributed by atoms with Gasteiger partial charge in [0.1, 0.15) is 0 Å². The van der Waals surface area contributed by atoms with Crippen LogP contribution in [-0.4, -0.2) is 5.11 Å². The standard InChI is InChI=1S/C18H18O/c1-18(2,19)17-15-10-6-5-9-14(15)11-12-16(17)13-7-3-4-8-13/h3-13,19H,1-2H3. The molecule has 1 aliphatic rings. The Morgan fingerprint density at radius 1 is 0.947 bits per heavy atom. The molecule has 0 amide bonds. The molecule has 0 spiro atoms. The first-order valence-corrected chi connectivity index (χ1v) is 6.67. The van der Waals surface area contributed by atoms with E-state index in [1.807, 2.05) is 26.0 Å². The SMILES string of the molecule is CC(C)(O)c1c(C2C=CC=C2)ccc2ccccc12. The van der Waals surface area contributed by atoms with Crippen molar-refractivity contribution in [3.63, 3.8) is 0 Å². The number of rotatable bonds is 2. The van der Waals surface area contributed by atoms with Crippen molar-refractivity contribution in [1.29, 1.82) is 0 Å². The number of aliphatic hydroxyl groups is 1. The van der Waals surface area contributed by atoms with Crippen molar-refractivity contribution in [2.45, 2.75) is 25.4 Å². The Balaban J connectivity index is 2.33. The monoisotopic (exact) mass is 250 g/mol. The summed E-state index contributed by atoms with van der Waals surface area (Å²) in [4.78, 5) is 0. The molecule has 0 atom stereocenters. The van der Waals surface area contributed by atoms with Gasteiger partial charge in [-0.2, -0.15) is 0 Å². The third-order valence-corrected chi connectivity index (χ3v) is 3.68. The lowest BCUT2D eigenvalue weighted by Gasteiger charge is -2.25. The molecule has 1 nitrogen and oxygen atoms in total. The highest BCUT2D eigenvalue weighted by Crippen LogP contribution is 2.37. The van der Waals surface area contributed by atoms with Crippen LogP contribution in [0.2, 0.25) is 0 Å². The van der Waals surface area contributed by atoms with Gasteiger partial charge in [-0.15, -0.1) is 0 Å². The lowest BCUT2D eigenvalue weighted by molar-refractivity contribution is 0.0792. The smallest absolute Gasteiger partial charge is 0.0849 e. The highest BCUT2D eigenvalue weighted by Gasteiger charge is 2.25. The van der Waals surface area contributed by atoms with E-state index in [0.29, 0.717) is 0 Å². The topological polar surface area (TPSA) is 20.2 Å². The van der Waals surface area contributed by atoms with Gasteiger partial charge in [0.25, 0.3) is 0 Å². The average molecular weight is 250 g/mol. The van der Waals surface area contributed by atoms with Crippen molar-refractivity contribution < 1.29 is 5.11 Å². The van der Waals surface area contributed by atoms with Crippen LogP contribution in [0.5, 0.6) is 0 Å². The zero-order valence-electron chi connectivity index (χ0n) is 11.3. The fraction of sp³-hybridized carbons (Fsp3) is 0.222. The van der Waals surface area contributed by atoms with Crippen LogP contribution in [0.1, 0.15) is 30.9 Å². The van der Waals surface area contributed by atoms with Crippen molar-refractivity contribution in [1.82, 2.24) is 0 Å². The summed E-state index contributed by atoms with van der Waals surface area (Å²) in [6.45, 7) is 3.72. The normalized spacial score (nSPS) is 15.5. The summed E-state index contributed by atoms with van der Waals surface area (Å²) >= 11 is 0. The summed E-state index contributed by atoms with van der Waals surface area (Å²) in [6.07, 6.45) is 8.46. The molecular formula is C18H18O. The van der Waals surface area contributed by atoms with E-state index in [9.17, 15) is 5.11 Å². The van der Waals surface area contributed by atoms with Crippen molar-refractivity contribution >= 4 is 10.8 Å².